The highest BCUT2D eigenvalue weighted by Crippen LogP contribution is 2.40. The summed E-state index contributed by atoms with van der Waals surface area (Å²) in [7, 11) is 1.73. The molecular formula is C26H36N4O3. The third-order valence-electron chi connectivity index (χ3n) is 7.33. The molecule has 0 spiro atoms. The Balaban J connectivity index is 1.37. The van der Waals surface area contributed by atoms with Gasteiger partial charge in [0.15, 0.2) is 0 Å². The first-order chi connectivity index (χ1) is 16.2. The SMILES string of the molecule is COCCCC(c1c[nH]c2ccccc12)N(C(=O)[C@@H]1CNC[C@@H](NC(=O)C2CC2)C1)C1CC1. The number of aromatic nitrogens is 1. The van der Waals surface area contributed by atoms with Gasteiger partial charge in [-0.25, -0.2) is 0 Å². The van der Waals surface area contributed by atoms with Crippen LogP contribution >= 0.6 is 0 Å². The summed E-state index contributed by atoms with van der Waals surface area (Å²) in [5.41, 5.74) is 2.30. The number of ether oxygens (including phenoxy) is 1. The molecule has 0 bridgehead atoms. The monoisotopic (exact) mass is 452 g/mol. The summed E-state index contributed by atoms with van der Waals surface area (Å²) >= 11 is 0. The van der Waals surface area contributed by atoms with Crippen LogP contribution in [0.5, 0.6) is 0 Å². The van der Waals surface area contributed by atoms with Crippen molar-refractivity contribution in [2.45, 2.75) is 63.1 Å². The van der Waals surface area contributed by atoms with Crippen LogP contribution in [0.4, 0.5) is 0 Å². The average Bonchev–Trinajstić information content (AvgIpc) is 3.76. The minimum absolute atomic E-state index is 0.0257. The maximum absolute atomic E-state index is 14.0. The lowest BCUT2D eigenvalue weighted by molar-refractivity contribution is -0.140. The molecule has 1 aromatic heterocycles. The smallest absolute Gasteiger partial charge is 0.227 e. The zero-order valence-electron chi connectivity index (χ0n) is 19.5. The van der Waals surface area contributed by atoms with E-state index in [9.17, 15) is 9.59 Å². The highest BCUT2D eigenvalue weighted by atomic mass is 16.5. The Hall–Kier alpha value is -2.38. The molecule has 2 saturated carbocycles. The normalized spacial score (nSPS) is 23.9. The van der Waals surface area contributed by atoms with Crippen molar-refractivity contribution in [3.8, 4) is 0 Å². The van der Waals surface area contributed by atoms with E-state index in [1.807, 2.05) is 6.07 Å². The van der Waals surface area contributed by atoms with Crippen LogP contribution in [0.2, 0.25) is 0 Å². The lowest BCUT2D eigenvalue weighted by atomic mass is 9.91. The van der Waals surface area contributed by atoms with Crippen molar-refractivity contribution < 1.29 is 14.3 Å². The predicted octanol–water partition coefficient (Wildman–Crippen LogP) is 3.13. The quantitative estimate of drug-likeness (QED) is 0.484. The third-order valence-corrected chi connectivity index (χ3v) is 7.33. The summed E-state index contributed by atoms with van der Waals surface area (Å²) < 4.78 is 5.34. The summed E-state index contributed by atoms with van der Waals surface area (Å²) in [6.07, 6.45) is 8.71. The van der Waals surface area contributed by atoms with Gasteiger partial charge in [0.05, 0.1) is 12.0 Å². The van der Waals surface area contributed by atoms with E-state index in [1.54, 1.807) is 7.11 Å². The van der Waals surface area contributed by atoms with E-state index in [-0.39, 0.29) is 35.7 Å². The van der Waals surface area contributed by atoms with Gasteiger partial charge in [-0.2, -0.15) is 0 Å². The lowest BCUT2D eigenvalue weighted by Gasteiger charge is -2.38. The number of nitrogens with zero attached hydrogens (tertiary/aromatic N) is 1. The standard InChI is InChI=1S/C26H36N4O3/c1-33-12-4-7-24(22-16-28-23-6-3-2-5-21(22)23)30(20-10-11-20)26(32)18-13-19(15-27-14-18)29-25(31)17-8-9-17/h2-3,5-6,16-20,24,27-28H,4,7-15H2,1H3,(H,29,31)/t18-,19-,24?/m0/s1. The number of fused-ring (bicyclic) bond motifs is 1. The first-order valence-corrected chi connectivity index (χ1v) is 12.5. The number of methoxy groups -OCH3 is 1. The highest BCUT2D eigenvalue weighted by Gasteiger charge is 2.42. The van der Waals surface area contributed by atoms with Crippen molar-refractivity contribution in [1.82, 2.24) is 20.5 Å². The number of para-hydroxylation sites is 1. The van der Waals surface area contributed by atoms with Crippen molar-refractivity contribution >= 4 is 22.7 Å². The molecule has 5 rings (SSSR count). The van der Waals surface area contributed by atoms with Crippen LogP contribution in [0.15, 0.2) is 30.5 Å². The Bertz CT molecular complexity index is 981. The van der Waals surface area contributed by atoms with Gasteiger partial charge in [-0.05, 0) is 56.6 Å². The number of amides is 2. The summed E-state index contributed by atoms with van der Waals surface area (Å²) in [6.45, 7) is 2.10. The number of hydrogen-bond acceptors (Lipinski definition) is 4. The van der Waals surface area contributed by atoms with Gasteiger partial charge in [-0.3, -0.25) is 9.59 Å². The predicted molar refractivity (Wildman–Crippen MR) is 128 cm³/mol. The van der Waals surface area contributed by atoms with Crippen molar-refractivity contribution in [2.75, 3.05) is 26.8 Å². The lowest BCUT2D eigenvalue weighted by Crippen LogP contribution is -2.53. The van der Waals surface area contributed by atoms with Gasteiger partial charge in [-0.15, -0.1) is 0 Å². The second-order valence-electron chi connectivity index (χ2n) is 9.99. The molecule has 0 radical (unpaired) electrons. The van der Waals surface area contributed by atoms with E-state index >= 15 is 0 Å². The van der Waals surface area contributed by atoms with Crippen LogP contribution in [0.25, 0.3) is 10.9 Å². The zero-order chi connectivity index (χ0) is 22.8. The molecule has 2 aromatic rings. The van der Waals surface area contributed by atoms with Crippen LogP contribution in [0.3, 0.4) is 0 Å². The van der Waals surface area contributed by atoms with Crippen LogP contribution in [0.1, 0.15) is 56.6 Å². The molecular weight excluding hydrogens is 416 g/mol. The molecule has 2 aliphatic carbocycles. The summed E-state index contributed by atoms with van der Waals surface area (Å²) in [5.74, 6) is 0.461. The third kappa shape index (κ3) is 5.09. The summed E-state index contributed by atoms with van der Waals surface area (Å²) in [5, 5.41) is 7.78. The number of benzene rings is 1. The van der Waals surface area contributed by atoms with Gasteiger partial charge in [0, 0.05) is 61.9 Å². The number of hydrogen-bond donors (Lipinski definition) is 3. The van der Waals surface area contributed by atoms with Gasteiger partial charge in [0.25, 0.3) is 0 Å². The van der Waals surface area contributed by atoms with Crippen molar-refractivity contribution in [3.63, 3.8) is 0 Å². The molecule has 33 heavy (non-hydrogen) atoms. The summed E-state index contributed by atoms with van der Waals surface area (Å²) in [6, 6.07) is 8.70. The van der Waals surface area contributed by atoms with Crippen LogP contribution in [0, 0.1) is 11.8 Å². The van der Waals surface area contributed by atoms with Crippen molar-refractivity contribution in [1.29, 1.82) is 0 Å². The minimum Gasteiger partial charge on any atom is -0.385 e. The fraction of sp³-hybridized carbons (Fsp3) is 0.615. The highest BCUT2D eigenvalue weighted by molar-refractivity contribution is 5.86. The largest absolute Gasteiger partial charge is 0.385 e. The fourth-order valence-electron chi connectivity index (χ4n) is 5.29. The number of nitrogens with one attached hydrogen (secondary N) is 3. The number of rotatable bonds is 10. The Morgan fingerprint density at radius 2 is 1.97 bits per heavy atom. The van der Waals surface area contributed by atoms with E-state index in [0.717, 1.165) is 50.6 Å². The molecule has 3 N–H and O–H groups in total. The van der Waals surface area contributed by atoms with Gasteiger partial charge < -0.3 is 25.3 Å². The first kappa shape index (κ1) is 22.4. The molecule has 1 aromatic carbocycles. The maximum atomic E-state index is 14.0. The van der Waals surface area contributed by atoms with Crippen LogP contribution < -0.4 is 10.6 Å². The molecule has 2 heterocycles. The second kappa shape index (κ2) is 9.85. The van der Waals surface area contributed by atoms with E-state index in [4.69, 9.17) is 4.74 Å². The number of piperidine rings is 1. The van der Waals surface area contributed by atoms with E-state index in [2.05, 4.69) is 44.9 Å². The zero-order valence-corrected chi connectivity index (χ0v) is 19.5. The Morgan fingerprint density at radius 3 is 2.73 bits per heavy atom. The van der Waals surface area contributed by atoms with E-state index < -0.39 is 0 Å². The van der Waals surface area contributed by atoms with Crippen LogP contribution in [-0.4, -0.2) is 60.6 Å². The topological polar surface area (TPSA) is 86.5 Å². The average molecular weight is 453 g/mol. The van der Waals surface area contributed by atoms with E-state index in [0.29, 0.717) is 25.6 Å². The number of carbonyl (C=O) groups is 2. The molecule has 1 aliphatic heterocycles. The maximum Gasteiger partial charge on any atom is 0.227 e. The first-order valence-electron chi connectivity index (χ1n) is 12.5. The van der Waals surface area contributed by atoms with Crippen molar-refractivity contribution in [3.05, 3.63) is 36.0 Å². The Kier molecular flexibility index (Phi) is 6.69. The Morgan fingerprint density at radius 1 is 1.15 bits per heavy atom. The van der Waals surface area contributed by atoms with E-state index in [1.165, 1.54) is 10.9 Å². The molecule has 1 saturated heterocycles. The molecule has 3 aliphatic rings. The van der Waals surface area contributed by atoms with Gasteiger partial charge in [-0.1, -0.05) is 18.2 Å². The molecule has 7 heteroatoms. The molecule has 2 amide bonds. The summed E-state index contributed by atoms with van der Waals surface area (Å²) in [4.78, 5) is 31.9. The molecule has 3 atom stereocenters. The second-order valence-corrected chi connectivity index (χ2v) is 9.99. The van der Waals surface area contributed by atoms with Gasteiger partial charge in [0.1, 0.15) is 0 Å². The Labute approximate surface area is 195 Å². The molecule has 178 valence electrons. The van der Waals surface area contributed by atoms with Gasteiger partial charge in [0.2, 0.25) is 11.8 Å². The molecule has 3 fully saturated rings. The molecule has 1 unspecified atom stereocenters. The number of H-pyrrole nitrogens is 1. The number of carbonyl (C=O) groups excluding carboxylic acids is 2. The minimum atomic E-state index is -0.112. The molecule has 7 nitrogen and oxygen atoms in total. The number of aromatic amines is 1. The fourth-order valence-corrected chi connectivity index (χ4v) is 5.29. The van der Waals surface area contributed by atoms with Gasteiger partial charge >= 0.3 is 0 Å². The van der Waals surface area contributed by atoms with Crippen molar-refractivity contribution in [2.24, 2.45) is 11.8 Å². The van der Waals surface area contributed by atoms with Crippen LogP contribution in [-0.2, 0) is 14.3 Å².